The third kappa shape index (κ3) is 2.99. The van der Waals surface area contributed by atoms with E-state index >= 15 is 0 Å². The first kappa shape index (κ1) is 15.1. The minimum atomic E-state index is -0.149. The van der Waals surface area contributed by atoms with Gasteiger partial charge in [0, 0.05) is 17.8 Å². The van der Waals surface area contributed by atoms with Crippen LogP contribution in [0.5, 0.6) is 0 Å². The molecule has 0 unspecified atom stereocenters. The van der Waals surface area contributed by atoms with E-state index in [2.05, 4.69) is 34.3 Å². The summed E-state index contributed by atoms with van der Waals surface area (Å²) in [5.74, 6) is 1.60. The minimum Gasteiger partial charge on any atom is -0.393 e. The van der Waals surface area contributed by atoms with E-state index in [1.165, 1.54) is 5.56 Å². The number of rotatable bonds is 3. The fourth-order valence-corrected chi connectivity index (χ4v) is 3.38. The highest BCUT2D eigenvalue weighted by Crippen LogP contribution is 2.28. The van der Waals surface area contributed by atoms with E-state index in [4.69, 9.17) is 4.98 Å². The molecule has 0 bridgehead atoms. The second-order valence-corrected chi connectivity index (χ2v) is 6.66. The fraction of sp³-hybridized carbons (Fsp3) is 0.368. The Morgan fingerprint density at radius 3 is 2.75 bits per heavy atom. The van der Waals surface area contributed by atoms with Gasteiger partial charge in [-0.15, -0.1) is 0 Å². The van der Waals surface area contributed by atoms with Crippen molar-refractivity contribution < 1.29 is 5.11 Å². The Morgan fingerprint density at radius 2 is 1.96 bits per heavy atom. The average molecular weight is 322 g/mol. The molecule has 5 heteroatoms. The number of fused-ring (bicyclic) bond motifs is 1. The van der Waals surface area contributed by atoms with Crippen LogP contribution in [0.25, 0.3) is 22.4 Å². The van der Waals surface area contributed by atoms with Crippen molar-refractivity contribution in [2.24, 2.45) is 0 Å². The van der Waals surface area contributed by atoms with Crippen LogP contribution < -0.4 is 5.32 Å². The minimum absolute atomic E-state index is 0.149. The molecule has 1 aromatic carbocycles. The third-order valence-corrected chi connectivity index (χ3v) is 4.73. The summed E-state index contributed by atoms with van der Waals surface area (Å²) in [5.41, 5.74) is 3.06. The number of aryl methyl sites for hydroxylation is 1. The lowest BCUT2D eigenvalue weighted by Crippen LogP contribution is -2.28. The van der Waals surface area contributed by atoms with E-state index in [-0.39, 0.29) is 6.10 Å². The number of H-pyrrole nitrogens is 1. The number of nitrogens with zero attached hydrogens (tertiary/aromatic N) is 2. The van der Waals surface area contributed by atoms with Crippen molar-refractivity contribution in [2.75, 3.05) is 5.32 Å². The highest BCUT2D eigenvalue weighted by molar-refractivity contribution is 5.88. The van der Waals surface area contributed by atoms with E-state index in [0.717, 1.165) is 53.9 Å². The van der Waals surface area contributed by atoms with Crippen molar-refractivity contribution in [3.8, 4) is 11.4 Å². The van der Waals surface area contributed by atoms with E-state index < -0.39 is 0 Å². The Labute approximate surface area is 141 Å². The molecule has 2 aromatic heterocycles. The van der Waals surface area contributed by atoms with Crippen molar-refractivity contribution in [1.82, 2.24) is 15.0 Å². The van der Waals surface area contributed by atoms with Crippen molar-refractivity contribution in [3.05, 3.63) is 42.1 Å². The number of aliphatic hydroxyl groups excluding tert-OH is 1. The summed E-state index contributed by atoms with van der Waals surface area (Å²) < 4.78 is 0. The van der Waals surface area contributed by atoms with Gasteiger partial charge in [0.25, 0.3) is 0 Å². The molecule has 1 aliphatic rings. The summed E-state index contributed by atoms with van der Waals surface area (Å²) >= 11 is 0. The largest absolute Gasteiger partial charge is 0.393 e. The molecule has 1 aliphatic carbocycles. The Morgan fingerprint density at radius 1 is 1.12 bits per heavy atom. The quantitative estimate of drug-likeness (QED) is 0.688. The van der Waals surface area contributed by atoms with Crippen molar-refractivity contribution in [1.29, 1.82) is 0 Å². The van der Waals surface area contributed by atoms with Gasteiger partial charge in [-0.25, -0.2) is 9.97 Å². The van der Waals surface area contributed by atoms with Gasteiger partial charge in [0.05, 0.1) is 11.5 Å². The maximum atomic E-state index is 9.69. The summed E-state index contributed by atoms with van der Waals surface area (Å²) in [6.45, 7) is 2.07. The lowest BCUT2D eigenvalue weighted by Gasteiger charge is -2.26. The van der Waals surface area contributed by atoms with Gasteiger partial charge in [0.2, 0.25) is 0 Å². The van der Waals surface area contributed by atoms with Gasteiger partial charge < -0.3 is 15.4 Å². The highest BCUT2D eigenvalue weighted by atomic mass is 16.3. The lowest BCUT2D eigenvalue weighted by molar-refractivity contribution is 0.126. The van der Waals surface area contributed by atoms with Crippen LogP contribution in [0.15, 0.2) is 36.5 Å². The topological polar surface area (TPSA) is 73.8 Å². The second-order valence-electron chi connectivity index (χ2n) is 6.66. The first-order valence-corrected chi connectivity index (χ1v) is 8.56. The van der Waals surface area contributed by atoms with E-state index in [1.807, 2.05) is 24.4 Å². The van der Waals surface area contributed by atoms with Crippen LogP contribution in [-0.4, -0.2) is 32.2 Å². The predicted octanol–water partition coefficient (Wildman–Crippen LogP) is 3.65. The van der Waals surface area contributed by atoms with Crippen molar-refractivity contribution in [2.45, 2.75) is 44.8 Å². The van der Waals surface area contributed by atoms with Crippen molar-refractivity contribution >= 4 is 16.9 Å². The van der Waals surface area contributed by atoms with Crippen LogP contribution in [0.2, 0.25) is 0 Å². The van der Waals surface area contributed by atoms with Gasteiger partial charge in [-0.05, 0) is 44.7 Å². The molecule has 0 radical (unpaired) electrons. The molecule has 0 saturated heterocycles. The first-order chi connectivity index (χ1) is 11.7. The number of aromatic amines is 1. The maximum absolute atomic E-state index is 9.69. The van der Waals surface area contributed by atoms with E-state index in [9.17, 15) is 5.11 Å². The standard InChI is InChI=1S/C19H22N4O/c1-12-3-2-4-13(11-12)17-22-18-16(9-10-20-18)19(23-17)21-14-5-7-15(24)8-6-14/h2-4,9-11,14-15,24H,5-8H2,1H3,(H2,20,21,22,23)/t14-,15-. The molecular formula is C19H22N4O. The van der Waals surface area contributed by atoms with Crippen LogP contribution in [0.1, 0.15) is 31.2 Å². The molecule has 3 aromatic rings. The SMILES string of the molecule is Cc1cccc(-c2nc(N[C@H]3CC[C@H](O)CC3)c3cc[nH]c3n2)c1. The predicted molar refractivity (Wildman–Crippen MR) is 95.9 cm³/mol. The Balaban J connectivity index is 1.70. The summed E-state index contributed by atoms with van der Waals surface area (Å²) in [5, 5.41) is 14.3. The highest BCUT2D eigenvalue weighted by Gasteiger charge is 2.21. The number of hydrogen-bond acceptors (Lipinski definition) is 4. The fourth-order valence-electron chi connectivity index (χ4n) is 3.38. The zero-order valence-corrected chi connectivity index (χ0v) is 13.8. The van der Waals surface area contributed by atoms with Crippen molar-refractivity contribution in [3.63, 3.8) is 0 Å². The Kier molecular flexibility index (Phi) is 3.94. The van der Waals surface area contributed by atoms with Crippen LogP contribution >= 0.6 is 0 Å². The molecule has 0 aliphatic heterocycles. The zero-order valence-electron chi connectivity index (χ0n) is 13.8. The van der Waals surface area contributed by atoms with Crippen LogP contribution in [0, 0.1) is 6.92 Å². The monoisotopic (exact) mass is 322 g/mol. The van der Waals surface area contributed by atoms with Gasteiger partial charge in [-0.3, -0.25) is 0 Å². The molecule has 5 nitrogen and oxygen atoms in total. The van der Waals surface area contributed by atoms with Gasteiger partial charge in [-0.2, -0.15) is 0 Å². The molecule has 124 valence electrons. The molecule has 4 rings (SSSR count). The van der Waals surface area contributed by atoms with Crippen LogP contribution in [0.4, 0.5) is 5.82 Å². The van der Waals surface area contributed by atoms with Crippen LogP contribution in [-0.2, 0) is 0 Å². The van der Waals surface area contributed by atoms with Gasteiger partial charge >= 0.3 is 0 Å². The number of aromatic nitrogens is 3. The summed E-state index contributed by atoms with van der Waals surface area (Å²) in [7, 11) is 0. The number of aliphatic hydroxyl groups is 1. The normalized spacial score (nSPS) is 21.1. The Hall–Kier alpha value is -2.40. The smallest absolute Gasteiger partial charge is 0.163 e. The summed E-state index contributed by atoms with van der Waals surface area (Å²) in [6, 6.07) is 10.6. The number of anilines is 1. The molecule has 0 atom stereocenters. The van der Waals surface area contributed by atoms with E-state index in [1.54, 1.807) is 0 Å². The molecule has 1 fully saturated rings. The summed E-state index contributed by atoms with van der Waals surface area (Å²) in [6.07, 6.45) is 5.39. The van der Waals surface area contributed by atoms with Gasteiger partial charge in [0.15, 0.2) is 5.82 Å². The van der Waals surface area contributed by atoms with Gasteiger partial charge in [0.1, 0.15) is 11.5 Å². The van der Waals surface area contributed by atoms with E-state index in [0.29, 0.717) is 6.04 Å². The number of hydrogen-bond donors (Lipinski definition) is 3. The molecular weight excluding hydrogens is 300 g/mol. The maximum Gasteiger partial charge on any atom is 0.163 e. The molecule has 3 N–H and O–H groups in total. The lowest BCUT2D eigenvalue weighted by atomic mass is 9.93. The molecule has 2 heterocycles. The van der Waals surface area contributed by atoms with Gasteiger partial charge in [-0.1, -0.05) is 23.8 Å². The van der Waals surface area contributed by atoms with Crippen LogP contribution in [0.3, 0.4) is 0 Å². The molecule has 1 saturated carbocycles. The third-order valence-electron chi connectivity index (χ3n) is 4.73. The molecule has 24 heavy (non-hydrogen) atoms. The molecule has 0 spiro atoms. The zero-order chi connectivity index (χ0) is 16.5. The Bertz CT molecular complexity index is 849. The number of nitrogens with one attached hydrogen (secondary N) is 2. The molecule has 0 amide bonds. The second kappa shape index (κ2) is 6.24. The summed E-state index contributed by atoms with van der Waals surface area (Å²) in [4.78, 5) is 12.7. The number of benzene rings is 1. The average Bonchev–Trinajstić information content (AvgIpc) is 3.06. The first-order valence-electron chi connectivity index (χ1n) is 8.56.